The fourth-order valence-corrected chi connectivity index (χ4v) is 14.1. The molecule has 1 saturated heterocycles. The highest BCUT2D eigenvalue weighted by atomic mass is 31.2. The number of phosphoric acid groups is 1. The third-order valence-electron chi connectivity index (χ3n) is 16.9. The Morgan fingerprint density at radius 1 is 0.905 bits per heavy atom. The summed E-state index contributed by atoms with van der Waals surface area (Å²) in [5, 5.41) is 23.0. The van der Waals surface area contributed by atoms with Gasteiger partial charge in [0.25, 0.3) is 5.56 Å². The van der Waals surface area contributed by atoms with E-state index in [-0.39, 0.29) is 61.0 Å². The second-order valence-corrected chi connectivity index (χ2v) is 23.7. The average molecular weight is 1070 g/mol. The smallest absolute Gasteiger partial charge is 0.446 e. The number of hydrogen-bond acceptors (Lipinski definition) is 17. The zero-order valence-electron chi connectivity index (χ0n) is 44.4. The molecular formula is C52H87N6O15P. The molecule has 7 rings (SSSR count). The van der Waals surface area contributed by atoms with Crippen LogP contribution in [0, 0.1) is 52.3 Å². The van der Waals surface area contributed by atoms with Gasteiger partial charge < -0.3 is 59.3 Å². The number of aromatic nitrogens is 4. The largest absolute Gasteiger partial charge is 0.472 e. The minimum absolute atomic E-state index is 0.0144. The standard InChI is InChI=1S/C52H87N6O15P/c1-34(2)8-6-9-35(3)40-12-13-41-39-11-10-36-28-38(14-16-51(36,4)42(39)15-17-52(40,41)5)71-50(62)54-18-7-19-65-20-21-66-22-23-67-24-25-68-26-27-69-31-37(60)32-70-74(63,64)73-43-29-45(72-44(43)30-59)58-33-55-46-47(58)56-49(53)57-48(46)61/h10-11,33-45,59-60H,6-9,12-32H2,1-5H3,(H,54,62)(H,63,64)(H3,53,56,57,61)/t35-,36?,37?,38?,39+,40-,41+,42+,43+,44-,45-,51+,52-/m1/s1. The number of nitrogens with zero attached hydrogens (tertiary/aromatic N) is 3. The van der Waals surface area contributed by atoms with Crippen molar-refractivity contribution >= 4 is 31.0 Å². The number of allylic oxidation sites excluding steroid dienone is 2. The monoisotopic (exact) mass is 1070 g/mol. The number of nitrogen functional groups attached to an aromatic ring is 1. The number of aliphatic hydroxyl groups excluding tert-OH is 2. The number of H-pyrrole nitrogens is 1. The molecule has 0 spiro atoms. The van der Waals surface area contributed by atoms with Gasteiger partial charge in [-0.3, -0.25) is 23.4 Å². The van der Waals surface area contributed by atoms with E-state index in [1.54, 1.807) is 0 Å². The van der Waals surface area contributed by atoms with Crippen molar-refractivity contribution in [2.75, 3.05) is 91.6 Å². The first-order valence-corrected chi connectivity index (χ1v) is 28.8. The number of hydrogen-bond donors (Lipinski definition) is 6. The molecular weight excluding hydrogens is 980 g/mol. The second kappa shape index (κ2) is 27.5. The van der Waals surface area contributed by atoms with Gasteiger partial charge in [0, 0.05) is 19.6 Å². The first-order valence-electron chi connectivity index (χ1n) is 27.3. The van der Waals surface area contributed by atoms with Crippen LogP contribution >= 0.6 is 7.82 Å². The van der Waals surface area contributed by atoms with E-state index in [4.69, 9.17) is 47.9 Å². The Bertz CT molecular complexity index is 2200. The first-order chi connectivity index (χ1) is 35.5. The normalized spacial score (nSPS) is 31.2. The van der Waals surface area contributed by atoms with Crippen LogP contribution in [0.5, 0.6) is 0 Å². The van der Waals surface area contributed by atoms with Crippen LogP contribution in [0.15, 0.2) is 23.3 Å². The Morgan fingerprint density at radius 2 is 1.58 bits per heavy atom. The number of aliphatic hydroxyl groups is 2. The van der Waals surface area contributed by atoms with Crippen molar-refractivity contribution in [2.45, 2.75) is 142 Å². The number of alkyl carbamates (subject to hydrolysis) is 1. The number of phosphoric ester groups is 1. The van der Waals surface area contributed by atoms with E-state index < -0.39 is 51.1 Å². The van der Waals surface area contributed by atoms with Crippen molar-refractivity contribution in [1.82, 2.24) is 24.8 Å². The Balaban J connectivity index is 0.643. The Kier molecular flexibility index (Phi) is 21.8. The molecule has 3 heterocycles. The first kappa shape index (κ1) is 58.6. The molecule has 7 N–H and O–H groups in total. The van der Waals surface area contributed by atoms with Crippen molar-refractivity contribution in [3.05, 3.63) is 28.8 Å². The maximum Gasteiger partial charge on any atom is 0.472 e. The van der Waals surface area contributed by atoms with Crippen molar-refractivity contribution < 1.29 is 66.7 Å². The lowest BCUT2D eigenvalue weighted by molar-refractivity contribution is -0.0826. The van der Waals surface area contributed by atoms with Crippen LogP contribution in [-0.2, 0) is 46.8 Å². The summed E-state index contributed by atoms with van der Waals surface area (Å²) in [5.41, 5.74) is 6.01. The second-order valence-electron chi connectivity index (χ2n) is 22.3. The molecule has 5 aliphatic rings. The van der Waals surface area contributed by atoms with E-state index >= 15 is 0 Å². The number of aromatic amines is 1. The quantitative estimate of drug-likeness (QED) is 0.0274. The summed E-state index contributed by atoms with van der Waals surface area (Å²) < 4.78 is 63.8. The molecule has 4 aliphatic carbocycles. The van der Waals surface area contributed by atoms with Gasteiger partial charge in [-0.25, -0.2) is 14.3 Å². The van der Waals surface area contributed by atoms with Crippen LogP contribution in [0.1, 0.15) is 118 Å². The van der Waals surface area contributed by atoms with Crippen LogP contribution in [0.3, 0.4) is 0 Å². The number of carbonyl (C=O) groups is 1. The predicted molar refractivity (Wildman–Crippen MR) is 275 cm³/mol. The maximum atomic E-state index is 12.8. The maximum absolute atomic E-state index is 12.8. The van der Waals surface area contributed by atoms with Crippen LogP contribution in [0.25, 0.3) is 11.2 Å². The highest BCUT2D eigenvalue weighted by Crippen LogP contribution is 2.67. The van der Waals surface area contributed by atoms with Crippen molar-refractivity contribution in [2.24, 2.45) is 52.3 Å². The number of nitrogens with one attached hydrogen (secondary N) is 2. The average Bonchev–Trinajstić information content (AvgIpc) is 4.08. The number of nitrogens with two attached hydrogens (primary N) is 1. The number of carbonyl (C=O) groups excluding carboxylic acids is 1. The summed E-state index contributed by atoms with van der Waals surface area (Å²) in [6.07, 6.45) is 15.1. The van der Waals surface area contributed by atoms with Crippen LogP contribution in [0.4, 0.5) is 10.7 Å². The summed E-state index contributed by atoms with van der Waals surface area (Å²) >= 11 is 0. The number of imidazole rings is 1. The van der Waals surface area contributed by atoms with Gasteiger partial charge in [0.1, 0.15) is 30.6 Å². The van der Waals surface area contributed by atoms with Gasteiger partial charge in [-0.1, -0.05) is 66.0 Å². The fraction of sp³-hybridized carbons (Fsp3) is 0.846. The lowest BCUT2D eigenvalue weighted by atomic mass is 9.46. The van der Waals surface area contributed by atoms with Gasteiger partial charge in [0.2, 0.25) is 5.95 Å². The lowest BCUT2D eigenvalue weighted by Gasteiger charge is -2.59. The van der Waals surface area contributed by atoms with E-state index in [2.05, 4.69) is 67.0 Å². The van der Waals surface area contributed by atoms with Crippen molar-refractivity contribution in [3.63, 3.8) is 0 Å². The summed E-state index contributed by atoms with van der Waals surface area (Å²) in [7, 11) is -4.70. The Morgan fingerprint density at radius 3 is 2.28 bits per heavy atom. The molecule has 3 saturated carbocycles. The zero-order chi connectivity index (χ0) is 52.9. The molecule has 0 aromatic carbocycles. The molecule has 0 radical (unpaired) electrons. The fourth-order valence-electron chi connectivity index (χ4n) is 13.1. The Hall–Kier alpha value is -3.05. The molecule has 2 aromatic rings. The summed E-state index contributed by atoms with van der Waals surface area (Å²) in [4.78, 5) is 45.7. The minimum Gasteiger partial charge on any atom is -0.446 e. The molecule has 1 aliphatic heterocycles. The third kappa shape index (κ3) is 15.4. The van der Waals surface area contributed by atoms with E-state index in [0.717, 1.165) is 48.9 Å². The molecule has 2 aromatic heterocycles. The molecule has 14 atom stereocenters. The number of ether oxygens (including phenoxy) is 7. The molecule has 4 unspecified atom stereocenters. The van der Waals surface area contributed by atoms with Gasteiger partial charge in [-0.05, 0) is 104 Å². The highest BCUT2D eigenvalue weighted by molar-refractivity contribution is 7.47. The van der Waals surface area contributed by atoms with E-state index in [1.165, 1.54) is 55.8 Å². The minimum atomic E-state index is -4.70. The lowest BCUT2D eigenvalue weighted by Crippen LogP contribution is -2.52. The number of anilines is 1. The van der Waals surface area contributed by atoms with Crippen molar-refractivity contribution in [3.8, 4) is 0 Å². The van der Waals surface area contributed by atoms with Gasteiger partial charge in [0.05, 0.1) is 79.0 Å². The molecule has 1 amide bonds. The third-order valence-corrected chi connectivity index (χ3v) is 18.0. The van der Waals surface area contributed by atoms with E-state index in [1.807, 2.05) is 0 Å². The Labute approximate surface area is 436 Å². The van der Waals surface area contributed by atoms with Crippen LogP contribution in [-0.4, -0.2) is 151 Å². The molecule has 21 nitrogen and oxygen atoms in total. The van der Waals surface area contributed by atoms with E-state index in [0.29, 0.717) is 76.5 Å². The van der Waals surface area contributed by atoms with Crippen molar-refractivity contribution in [1.29, 1.82) is 0 Å². The molecule has 74 heavy (non-hydrogen) atoms. The summed E-state index contributed by atoms with van der Waals surface area (Å²) in [6, 6.07) is 0. The SMILES string of the molecule is CC(C)CCC[C@@H](C)[C@H]1CC[C@H]2[C@@H]3C=CC4CC(OC(=O)NCCCOCCOCCOCCOCCOCC(O)COP(=O)(O)O[C@H]5C[C@H](n6cnc7c(=O)[nH]c(N)nc76)O[C@@H]5CO)CC[C@]4(C)[C@H]3CC[C@]12C. The van der Waals surface area contributed by atoms with Gasteiger partial charge in [-0.2, -0.15) is 4.98 Å². The number of rotatable bonds is 31. The number of amides is 1. The zero-order valence-corrected chi connectivity index (χ0v) is 45.3. The molecule has 4 fully saturated rings. The van der Waals surface area contributed by atoms with Crippen LogP contribution in [0.2, 0.25) is 0 Å². The summed E-state index contributed by atoms with van der Waals surface area (Å²) in [5.74, 6) is 5.01. The summed E-state index contributed by atoms with van der Waals surface area (Å²) in [6.45, 7) is 14.8. The topological polar surface area (TPSA) is 280 Å². The predicted octanol–water partition coefficient (Wildman–Crippen LogP) is 6.31. The molecule has 22 heteroatoms. The van der Waals surface area contributed by atoms with Crippen LogP contribution < -0.4 is 16.6 Å². The van der Waals surface area contributed by atoms with Gasteiger partial charge in [0.15, 0.2) is 11.2 Å². The number of fused-ring (bicyclic) bond motifs is 6. The van der Waals surface area contributed by atoms with Gasteiger partial charge in [-0.15, -0.1) is 0 Å². The van der Waals surface area contributed by atoms with E-state index in [9.17, 15) is 29.3 Å². The molecule has 0 bridgehead atoms. The molecule has 420 valence electrons. The highest BCUT2D eigenvalue weighted by Gasteiger charge is 2.59. The van der Waals surface area contributed by atoms with Gasteiger partial charge >= 0.3 is 13.9 Å².